The van der Waals surface area contributed by atoms with Gasteiger partial charge in [0, 0.05) is 5.56 Å². The highest BCUT2D eigenvalue weighted by Crippen LogP contribution is 2.36. The van der Waals surface area contributed by atoms with Crippen molar-refractivity contribution in [3.8, 4) is 11.5 Å². The standard InChI is InChI=1S/C18H20BrNO3/c1-4-23-17-15(19)10-14(11-16(17)22-3)18(21)20-12(2)13-8-6-5-7-9-13/h5-12H,4H2,1-3H3,(H,20,21)/t12-/m0/s1. The average Bonchev–Trinajstić information content (AvgIpc) is 2.57. The van der Waals surface area contributed by atoms with Crippen molar-refractivity contribution in [1.82, 2.24) is 5.32 Å². The smallest absolute Gasteiger partial charge is 0.251 e. The molecule has 2 aromatic rings. The molecular weight excluding hydrogens is 358 g/mol. The fraction of sp³-hybridized carbons (Fsp3) is 0.278. The Morgan fingerprint density at radius 2 is 1.96 bits per heavy atom. The Balaban J connectivity index is 2.21. The molecule has 0 radical (unpaired) electrons. The van der Waals surface area contributed by atoms with Gasteiger partial charge in [0.15, 0.2) is 11.5 Å². The predicted octanol–water partition coefficient (Wildman–Crippen LogP) is 4.35. The molecule has 5 heteroatoms. The largest absolute Gasteiger partial charge is 0.493 e. The number of amides is 1. The summed E-state index contributed by atoms with van der Waals surface area (Å²) in [6.45, 7) is 4.37. The molecule has 0 aliphatic rings. The van der Waals surface area contributed by atoms with Gasteiger partial charge in [0.2, 0.25) is 0 Å². The summed E-state index contributed by atoms with van der Waals surface area (Å²) in [6, 6.07) is 13.2. The third kappa shape index (κ3) is 4.26. The predicted molar refractivity (Wildman–Crippen MR) is 94.2 cm³/mol. The first-order valence-corrected chi connectivity index (χ1v) is 8.22. The van der Waals surface area contributed by atoms with Crippen molar-refractivity contribution in [2.45, 2.75) is 19.9 Å². The molecule has 1 N–H and O–H groups in total. The van der Waals surface area contributed by atoms with E-state index in [2.05, 4.69) is 21.2 Å². The lowest BCUT2D eigenvalue weighted by Gasteiger charge is -2.16. The van der Waals surface area contributed by atoms with Gasteiger partial charge in [0.05, 0.1) is 24.2 Å². The number of ether oxygens (including phenoxy) is 2. The van der Waals surface area contributed by atoms with Gasteiger partial charge in [0.25, 0.3) is 5.91 Å². The van der Waals surface area contributed by atoms with Crippen LogP contribution in [-0.4, -0.2) is 19.6 Å². The molecule has 122 valence electrons. The molecule has 0 bridgehead atoms. The SMILES string of the molecule is CCOc1c(Br)cc(C(=O)N[C@@H](C)c2ccccc2)cc1OC. The van der Waals surface area contributed by atoms with Crippen LogP contribution >= 0.6 is 15.9 Å². The molecule has 4 nitrogen and oxygen atoms in total. The van der Waals surface area contributed by atoms with Crippen LogP contribution in [0, 0.1) is 0 Å². The van der Waals surface area contributed by atoms with E-state index in [-0.39, 0.29) is 11.9 Å². The molecule has 2 rings (SSSR count). The number of halogens is 1. The van der Waals surface area contributed by atoms with Crippen LogP contribution in [-0.2, 0) is 0 Å². The summed E-state index contributed by atoms with van der Waals surface area (Å²) in [7, 11) is 1.55. The molecule has 1 atom stereocenters. The molecule has 23 heavy (non-hydrogen) atoms. The number of methoxy groups -OCH3 is 1. The molecule has 2 aromatic carbocycles. The molecule has 0 aromatic heterocycles. The van der Waals surface area contributed by atoms with E-state index in [4.69, 9.17) is 9.47 Å². The summed E-state index contributed by atoms with van der Waals surface area (Å²) in [5, 5.41) is 2.99. The molecule has 0 saturated heterocycles. The zero-order valence-electron chi connectivity index (χ0n) is 13.4. The summed E-state index contributed by atoms with van der Waals surface area (Å²) >= 11 is 3.43. The second kappa shape index (κ2) is 8.02. The highest BCUT2D eigenvalue weighted by molar-refractivity contribution is 9.10. The summed E-state index contributed by atoms with van der Waals surface area (Å²) in [6.07, 6.45) is 0. The van der Waals surface area contributed by atoms with Crippen molar-refractivity contribution in [3.05, 3.63) is 58.1 Å². The first-order valence-electron chi connectivity index (χ1n) is 7.43. The fourth-order valence-corrected chi connectivity index (χ4v) is 2.80. The summed E-state index contributed by atoms with van der Waals surface area (Å²) in [5.74, 6) is 0.963. The molecule has 0 unspecified atom stereocenters. The molecule has 0 spiro atoms. The topological polar surface area (TPSA) is 47.6 Å². The van der Waals surface area contributed by atoms with Gasteiger partial charge in [0.1, 0.15) is 0 Å². The number of nitrogens with one attached hydrogen (secondary N) is 1. The second-order valence-corrected chi connectivity index (χ2v) is 5.88. The van der Waals surface area contributed by atoms with Gasteiger partial charge in [-0.1, -0.05) is 30.3 Å². The van der Waals surface area contributed by atoms with Gasteiger partial charge in [-0.15, -0.1) is 0 Å². The van der Waals surface area contributed by atoms with E-state index in [9.17, 15) is 4.79 Å². The van der Waals surface area contributed by atoms with Crippen LogP contribution in [0.3, 0.4) is 0 Å². The van der Waals surface area contributed by atoms with E-state index in [0.29, 0.717) is 28.1 Å². The van der Waals surface area contributed by atoms with Crippen LogP contribution in [0.5, 0.6) is 11.5 Å². The Morgan fingerprint density at radius 3 is 2.57 bits per heavy atom. The zero-order valence-corrected chi connectivity index (χ0v) is 15.0. The van der Waals surface area contributed by atoms with Gasteiger partial charge in [-0.05, 0) is 47.5 Å². The Labute approximate surface area is 144 Å². The molecule has 0 fully saturated rings. The van der Waals surface area contributed by atoms with E-state index in [1.54, 1.807) is 19.2 Å². The highest BCUT2D eigenvalue weighted by atomic mass is 79.9. The number of hydrogen-bond acceptors (Lipinski definition) is 3. The van der Waals surface area contributed by atoms with E-state index in [1.807, 2.05) is 44.2 Å². The summed E-state index contributed by atoms with van der Waals surface area (Å²) in [5.41, 5.74) is 1.57. The Kier molecular flexibility index (Phi) is 6.04. The molecule has 0 aliphatic heterocycles. The molecular formula is C18H20BrNO3. The first-order chi connectivity index (χ1) is 11.1. The highest BCUT2D eigenvalue weighted by Gasteiger charge is 2.17. The van der Waals surface area contributed by atoms with Gasteiger partial charge in [-0.25, -0.2) is 0 Å². The maximum Gasteiger partial charge on any atom is 0.251 e. The monoisotopic (exact) mass is 377 g/mol. The quantitative estimate of drug-likeness (QED) is 0.813. The van der Waals surface area contributed by atoms with Crippen LogP contribution in [0.4, 0.5) is 0 Å². The third-order valence-corrected chi connectivity index (χ3v) is 4.02. The molecule has 1 amide bonds. The molecule has 0 saturated carbocycles. The maximum atomic E-state index is 12.5. The van der Waals surface area contributed by atoms with Crippen molar-refractivity contribution in [2.24, 2.45) is 0 Å². The van der Waals surface area contributed by atoms with Crippen LogP contribution in [0.1, 0.15) is 35.8 Å². The fourth-order valence-electron chi connectivity index (χ4n) is 2.24. The van der Waals surface area contributed by atoms with Gasteiger partial charge >= 0.3 is 0 Å². The van der Waals surface area contributed by atoms with Crippen LogP contribution in [0.25, 0.3) is 0 Å². The Hall–Kier alpha value is -2.01. The van der Waals surface area contributed by atoms with E-state index in [1.165, 1.54) is 0 Å². The minimum Gasteiger partial charge on any atom is -0.493 e. The molecule has 0 aliphatic carbocycles. The summed E-state index contributed by atoms with van der Waals surface area (Å²) < 4.78 is 11.6. The van der Waals surface area contributed by atoms with E-state index >= 15 is 0 Å². The lowest BCUT2D eigenvalue weighted by molar-refractivity contribution is 0.0939. The van der Waals surface area contributed by atoms with Crippen LogP contribution in [0.2, 0.25) is 0 Å². The maximum absolute atomic E-state index is 12.5. The van der Waals surface area contributed by atoms with Crippen molar-refractivity contribution < 1.29 is 14.3 Å². The summed E-state index contributed by atoms with van der Waals surface area (Å²) in [4.78, 5) is 12.5. The van der Waals surface area contributed by atoms with E-state index < -0.39 is 0 Å². The molecule has 0 heterocycles. The number of carbonyl (C=O) groups is 1. The second-order valence-electron chi connectivity index (χ2n) is 5.03. The zero-order chi connectivity index (χ0) is 16.8. The van der Waals surface area contributed by atoms with Gasteiger partial charge < -0.3 is 14.8 Å². The number of hydrogen-bond donors (Lipinski definition) is 1. The minimum atomic E-state index is -0.164. The average molecular weight is 378 g/mol. The number of carbonyl (C=O) groups excluding carboxylic acids is 1. The number of benzene rings is 2. The van der Waals surface area contributed by atoms with Gasteiger partial charge in [-0.3, -0.25) is 4.79 Å². The van der Waals surface area contributed by atoms with Crippen molar-refractivity contribution in [2.75, 3.05) is 13.7 Å². The van der Waals surface area contributed by atoms with Crippen molar-refractivity contribution in [3.63, 3.8) is 0 Å². The number of rotatable bonds is 6. The van der Waals surface area contributed by atoms with Gasteiger partial charge in [-0.2, -0.15) is 0 Å². The third-order valence-electron chi connectivity index (χ3n) is 3.43. The Bertz CT molecular complexity index is 673. The van der Waals surface area contributed by atoms with E-state index in [0.717, 1.165) is 5.56 Å². The van der Waals surface area contributed by atoms with Crippen LogP contribution in [0.15, 0.2) is 46.9 Å². The van der Waals surface area contributed by atoms with Crippen LogP contribution < -0.4 is 14.8 Å². The first kappa shape index (κ1) is 17.3. The lowest BCUT2D eigenvalue weighted by Crippen LogP contribution is -2.26. The Morgan fingerprint density at radius 1 is 1.26 bits per heavy atom. The minimum absolute atomic E-state index is 0.0833. The van der Waals surface area contributed by atoms with Crippen molar-refractivity contribution >= 4 is 21.8 Å². The normalized spacial score (nSPS) is 11.7. The van der Waals surface area contributed by atoms with Crippen molar-refractivity contribution in [1.29, 1.82) is 0 Å². The lowest BCUT2D eigenvalue weighted by atomic mass is 10.1.